The van der Waals surface area contributed by atoms with Gasteiger partial charge in [0.1, 0.15) is 5.78 Å². The summed E-state index contributed by atoms with van der Waals surface area (Å²) in [5.41, 5.74) is 0. The molecule has 22 heavy (non-hydrogen) atoms. The molecule has 0 aliphatic rings. The Morgan fingerprint density at radius 1 is 0.727 bits per heavy atom. The maximum absolute atomic E-state index is 11.4. The van der Waals surface area contributed by atoms with E-state index in [0.717, 1.165) is 12.8 Å². The molecule has 0 atom stereocenters. The minimum Gasteiger partial charge on any atom is -0.300 e. The number of Topliss-reactive ketones (excluding diaryl/α,β-unsaturated/α-hetero) is 1. The highest BCUT2D eigenvalue weighted by Gasteiger charge is 1.97. The minimum absolute atomic E-state index is 0.364. The van der Waals surface area contributed by atoms with Gasteiger partial charge in [0.15, 0.2) is 0 Å². The van der Waals surface area contributed by atoms with Crippen LogP contribution in [0.25, 0.3) is 0 Å². The van der Waals surface area contributed by atoms with Gasteiger partial charge in [-0.2, -0.15) is 0 Å². The van der Waals surface area contributed by atoms with Crippen LogP contribution in [0.1, 0.15) is 103 Å². The van der Waals surface area contributed by atoms with Crippen LogP contribution in [-0.4, -0.2) is 5.78 Å². The average Bonchev–Trinajstić information content (AvgIpc) is 2.53. The molecule has 0 unspecified atom stereocenters. The van der Waals surface area contributed by atoms with Crippen molar-refractivity contribution in [1.82, 2.24) is 0 Å². The Labute approximate surface area is 139 Å². The number of hydrogen-bond donors (Lipinski definition) is 0. The SMILES string of the molecule is C=CCCC(=O)CC/C=C/CCCCCCCCCCCC. The van der Waals surface area contributed by atoms with E-state index in [1.54, 1.807) is 0 Å². The van der Waals surface area contributed by atoms with Crippen LogP contribution in [0.15, 0.2) is 24.8 Å². The molecule has 128 valence electrons. The fourth-order valence-corrected chi connectivity index (χ4v) is 2.62. The summed E-state index contributed by atoms with van der Waals surface area (Å²) in [6, 6.07) is 0. The number of unbranched alkanes of at least 4 members (excludes halogenated alkanes) is 10. The molecule has 0 saturated heterocycles. The number of hydrogen-bond acceptors (Lipinski definition) is 1. The third kappa shape index (κ3) is 17.2. The first-order valence-electron chi connectivity index (χ1n) is 9.58. The minimum atomic E-state index is 0.364. The fraction of sp³-hybridized carbons (Fsp3) is 0.762. The van der Waals surface area contributed by atoms with Gasteiger partial charge in [0.05, 0.1) is 0 Å². The zero-order valence-corrected chi connectivity index (χ0v) is 15.0. The Morgan fingerprint density at radius 2 is 1.23 bits per heavy atom. The van der Waals surface area contributed by atoms with Gasteiger partial charge in [-0.3, -0.25) is 4.79 Å². The molecule has 0 N–H and O–H groups in total. The molecule has 0 rings (SSSR count). The molecule has 0 aromatic carbocycles. The van der Waals surface area contributed by atoms with Crippen molar-refractivity contribution in [1.29, 1.82) is 0 Å². The lowest BCUT2D eigenvalue weighted by Gasteiger charge is -2.01. The summed E-state index contributed by atoms with van der Waals surface area (Å²) in [6.07, 6.45) is 24.5. The van der Waals surface area contributed by atoms with E-state index in [1.165, 1.54) is 70.6 Å². The van der Waals surface area contributed by atoms with Gasteiger partial charge >= 0.3 is 0 Å². The Balaban J connectivity index is 3.17. The van der Waals surface area contributed by atoms with Gasteiger partial charge in [0, 0.05) is 12.8 Å². The third-order valence-electron chi connectivity index (χ3n) is 4.11. The van der Waals surface area contributed by atoms with Crippen molar-refractivity contribution >= 4 is 5.78 Å². The smallest absolute Gasteiger partial charge is 0.133 e. The second-order valence-corrected chi connectivity index (χ2v) is 6.35. The van der Waals surface area contributed by atoms with Crippen molar-refractivity contribution < 1.29 is 4.79 Å². The zero-order chi connectivity index (χ0) is 16.3. The molecule has 0 amide bonds. The first-order chi connectivity index (χ1) is 10.8. The summed E-state index contributed by atoms with van der Waals surface area (Å²) in [5.74, 6) is 0.364. The third-order valence-corrected chi connectivity index (χ3v) is 4.11. The summed E-state index contributed by atoms with van der Waals surface area (Å²) in [7, 11) is 0. The van der Waals surface area contributed by atoms with Gasteiger partial charge in [-0.15, -0.1) is 6.58 Å². The Morgan fingerprint density at radius 3 is 1.82 bits per heavy atom. The van der Waals surface area contributed by atoms with Gasteiger partial charge in [-0.25, -0.2) is 0 Å². The molecule has 0 bridgehead atoms. The van der Waals surface area contributed by atoms with E-state index < -0.39 is 0 Å². The summed E-state index contributed by atoms with van der Waals surface area (Å²) in [6.45, 7) is 5.91. The number of carbonyl (C=O) groups is 1. The largest absolute Gasteiger partial charge is 0.300 e. The van der Waals surface area contributed by atoms with Gasteiger partial charge in [-0.05, 0) is 25.7 Å². The normalized spacial score (nSPS) is 11.1. The van der Waals surface area contributed by atoms with E-state index in [1.807, 2.05) is 6.08 Å². The van der Waals surface area contributed by atoms with Crippen LogP contribution in [0, 0.1) is 0 Å². The Hall–Kier alpha value is -0.850. The quantitative estimate of drug-likeness (QED) is 0.206. The molecule has 1 heteroatoms. The zero-order valence-electron chi connectivity index (χ0n) is 15.0. The lowest BCUT2D eigenvalue weighted by molar-refractivity contribution is -0.118. The number of ketones is 1. The highest BCUT2D eigenvalue weighted by molar-refractivity contribution is 5.78. The fourth-order valence-electron chi connectivity index (χ4n) is 2.62. The molecule has 0 saturated carbocycles. The van der Waals surface area contributed by atoms with E-state index in [-0.39, 0.29) is 0 Å². The Bertz CT molecular complexity index is 278. The van der Waals surface area contributed by atoms with E-state index >= 15 is 0 Å². The van der Waals surface area contributed by atoms with Crippen LogP contribution in [0.5, 0.6) is 0 Å². The molecule has 0 aliphatic heterocycles. The number of carbonyl (C=O) groups excluding carboxylic acids is 1. The first-order valence-corrected chi connectivity index (χ1v) is 9.58. The predicted octanol–water partition coefficient (Wildman–Crippen LogP) is 7.17. The molecule has 1 nitrogen and oxygen atoms in total. The summed E-state index contributed by atoms with van der Waals surface area (Å²) in [5, 5.41) is 0. The number of rotatable bonds is 17. The van der Waals surface area contributed by atoms with Crippen molar-refractivity contribution in [2.24, 2.45) is 0 Å². The monoisotopic (exact) mass is 306 g/mol. The van der Waals surface area contributed by atoms with E-state index in [2.05, 4.69) is 25.7 Å². The maximum Gasteiger partial charge on any atom is 0.133 e. The van der Waals surface area contributed by atoms with Crippen molar-refractivity contribution in [3.63, 3.8) is 0 Å². The maximum atomic E-state index is 11.4. The van der Waals surface area contributed by atoms with Crippen molar-refractivity contribution in [2.45, 2.75) is 103 Å². The van der Waals surface area contributed by atoms with Crippen LogP contribution >= 0.6 is 0 Å². The summed E-state index contributed by atoms with van der Waals surface area (Å²) >= 11 is 0. The summed E-state index contributed by atoms with van der Waals surface area (Å²) < 4.78 is 0. The van der Waals surface area contributed by atoms with Gasteiger partial charge < -0.3 is 0 Å². The topological polar surface area (TPSA) is 17.1 Å². The van der Waals surface area contributed by atoms with Gasteiger partial charge in [0.2, 0.25) is 0 Å². The van der Waals surface area contributed by atoms with Crippen LogP contribution in [0.4, 0.5) is 0 Å². The molecular weight excluding hydrogens is 268 g/mol. The van der Waals surface area contributed by atoms with Crippen LogP contribution in [-0.2, 0) is 4.79 Å². The van der Waals surface area contributed by atoms with Crippen molar-refractivity contribution in [3.8, 4) is 0 Å². The molecule has 0 fully saturated rings. The van der Waals surface area contributed by atoms with Crippen molar-refractivity contribution in [2.75, 3.05) is 0 Å². The second kappa shape index (κ2) is 18.2. The second-order valence-electron chi connectivity index (χ2n) is 6.35. The van der Waals surface area contributed by atoms with Gasteiger partial charge in [-0.1, -0.05) is 82.9 Å². The molecule has 0 heterocycles. The molecule has 0 radical (unpaired) electrons. The molecular formula is C21H38O. The van der Waals surface area contributed by atoms with Crippen molar-refractivity contribution in [3.05, 3.63) is 24.8 Å². The first kappa shape index (κ1) is 21.1. The number of allylic oxidation sites excluding steroid dienone is 3. The highest BCUT2D eigenvalue weighted by atomic mass is 16.1. The van der Waals surface area contributed by atoms with E-state index in [4.69, 9.17) is 0 Å². The molecule has 0 aliphatic carbocycles. The average molecular weight is 307 g/mol. The summed E-state index contributed by atoms with van der Waals surface area (Å²) in [4.78, 5) is 11.4. The van der Waals surface area contributed by atoms with E-state index in [9.17, 15) is 4.79 Å². The lowest BCUT2D eigenvalue weighted by atomic mass is 10.1. The lowest BCUT2D eigenvalue weighted by Crippen LogP contribution is -1.95. The predicted molar refractivity (Wildman–Crippen MR) is 99.3 cm³/mol. The highest BCUT2D eigenvalue weighted by Crippen LogP contribution is 2.11. The van der Waals surface area contributed by atoms with Crippen LogP contribution in [0.3, 0.4) is 0 Å². The molecule has 0 aromatic heterocycles. The van der Waals surface area contributed by atoms with E-state index in [0.29, 0.717) is 18.6 Å². The van der Waals surface area contributed by atoms with Gasteiger partial charge in [0.25, 0.3) is 0 Å². The molecule has 0 spiro atoms. The van der Waals surface area contributed by atoms with Crippen LogP contribution in [0.2, 0.25) is 0 Å². The Kier molecular flexibility index (Phi) is 17.5. The standard InChI is InChI=1S/C21H38O/c1-3-5-7-8-9-10-11-12-13-14-15-16-17-18-20-21(22)19-6-4-2/h4,16-17H,2-3,5-15,18-20H2,1H3/b17-16+. The molecule has 0 aromatic rings. The van der Waals surface area contributed by atoms with Crippen LogP contribution < -0.4 is 0 Å².